The summed E-state index contributed by atoms with van der Waals surface area (Å²) >= 11 is 3.41. The zero-order chi connectivity index (χ0) is 11.5. The molecule has 0 amide bonds. The van der Waals surface area contributed by atoms with Gasteiger partial charge < -0.3 is 11.1 Å². The van der Waals surface area contributed by atoms with Crippen molar-refractivity contribution < 1.29 is 0 Å². The Balaban J connectivity index is 1.93. The Hall–Kier alpha value is -0.420. The third-order valence-corrected chi connectivity index (χ3v) is 4.54. The molecule has 1 heterocycles. The molecule has 1 aromatic heterocycles. The monoisotopic (exact) mass is 257 g/mol. The van der Waals surface area contributed by atoms with Gasteiger partial charge in [-0.05, 0) is 48.2 Å². The minimum absolute atomic E-state index is 0.678. The van der Waals surface area contributed by atoms with E-state index < -0.39 is 0 Å². The molecule has 2 rings (SSSR count). The van der Waals surface area contributed by atoms with Gasteiger partial charge in [-0.2, -0.15) is 16.1 Å². The fourth-order valence-corrected chi connectivity index (χ4v) is 3.31. The molecule has 16 heavy (non-hydrogen) atoms. The largest absolute Gasteiger partial charge is 0.383 e. The fraction of sp³-hybridized carbons (Fsp3) is 0.727. The predicted octanol–water partition coefficient (Wildman–Crippen LogP) is 3.01. The molecule has 3 N–H and O–H groups in total. The number of rotatable bonds is 6. The second-order valence-corrected chi connectivity index (χ2v) is 6.21. The Morgan fingerprint density at radius 2 is 2.38 bits per heavy atom. The normalized spacial score (nSPS) is 17.4. The van der Waals surface area contributed by atoms with Crippen LogP contribution in [0.3, 0.4) is 0 Å². The van der Waals surface area contributed by atoms with Crippen molar-refractivity contribution in [1.29, 1.82) is 0 Å². The highest BCUT2D eigenvalue weighted by Gasteiger charge is 2.30. The lowest BCUT2D eigenvalue weighted by Gasteiger charge is -2.11. The summed E-state index contributed by atoms with van der Waals surface area (Å²) in [4.78, 5) is 0. The Morgan fingerprint density at radius 3 is 3.00 bits per heavy atom. The van der Waals surface area contributed by atoms with Crippen molar-refractivity contribution in [3.05, 3.63) is 5.56 Å². The SMILES string of the molecule is CSCC(C)CNc1snc(N)c1C1CC1. The molecule has 3 nitrogen and oxygen atoms in total. The number of anilines is 2. The number of aromatic nitrogens is 1. The average Bonchev–Trinajstić information content (AvgIpc) is 3.01. The molecule has 0 aromatic carbocycles. The molecule has 0 spiro atoms. The van der Waals surface area contributed by atoms with Crippen LogP contribution in [0.5, 0.6) is 0 Å². The maximum absolute atomic E-state index is 5.90. The van der Waals surface area contributed by atoms with Crippen LogP contribution in [0.2, 0.25) is 0 Å². The summed E-state index contributed by atoms with van der Waals surface area (Å²) in [6.07, 6.45) is 4.70. The minimum Gasteiger partial charge on any atom is -0.383 e. The summed E-state index contributed by atoms with van der Waals surface area (Å²) in [6.45, 7) is 3.28. The van der Waals surface area contributed by atoms with Gasteiger partial charge in [0, 0.05) is 12.1 Å². The standard InChI is InChI=1S/C11H19N3S2/c1-7(6-15-2)5-13-11-9(8-3-4-8)10(12)14-16-11/h7-8,13H,3-6H2,1-2H3,(H2,12,14). The summed E-state index contributed by atoms with van der Waals surface area (Å²) in [5.41, 5.74) is 7.18. The highest BCUT2D eigenvalue weighted by Crippen LogP contribution is 2.47. The van der Waals surface area contributed by atoms with Gasteiger partial charge in [0.25, 0.3) is 0 Å². The fourth-order valence-electron chi connectivity index (χ4n) is 1.81. The molecule has 1 atom stereocenters. The lowest BCUT2D eigenvalue weighted by atomic mass is 10.2. The van der Waals surface area contributed by atoms with E-state index in [4.69, 9.17) is 5.73 Å². The molecule has 1 unspecified atom stereocenters. The summed E-state index contributed by atoms with van der Waals surface area (Å²) in [5, 5.41) is 4.70. The molecule has 0 radical (unpaired) electrons. The average molecular weight is 257 g/mol. The van der Waals surface area contributed by atoms with E-state index in [2.05, 4.69) is 22.9 Å². The minimum atomic E-state index is 0.678. The highest BCUT2D eigenvalue weighted by molar-refractivity contribution is 7.98. The van der Waals surface area contributed by atoms with Crippen LogP contribution in [-0.2, 0) is 0 Å². The van der Waals surface area contributed by atoms with Crippen molar-refractivity contribution in [2.45, 2.75) is 25.7 Å². The lowest BCUT2D eigenvalue weighted by Crippen LogP contribution is -2.13. The van der Waals surface area contributed by atoms with Crippen molar-refractivity contribution in [1.82, 2.24) is 4.37 Å². The summed E-state index contributed by atoms with van der Waals surface area (Å²) in [6, 6.07) is 0. The third kappa shape index (κ3) is 2.83. The van der Waals surface area contributed by atoms with Gasteiger partial charge in [0.2, 0.25) is 0 Å². The van der Waals surface area contributed by atoms with Gasteiger partial charge in [-0.3, -0.25) is 0 Å². The van der Waals surface area contributed by atoms with Crippen LogP contribution in [0.15, 0.2) is 0 Å². The maximum Gasteiger partial charge on any atom is 0.142 e. The van der Waals surface area contributed by atoms with E-state index in [1.54, 1.807) is 0 Å². The van der Waals surface area contributed by atoms with E-state index in [-0.39, 0.29) is 0 Å². The van der Waals surface area contributed by atoms with Crippen LogP contribution in [0.1, 0.15) is 31.2 Å². The van der Waals surface area contributed by atoms with E-state index >= 15 is 0 Å². The van der Waals surface area contributed by atoms with Gasteiger partial charge in [-0.15, -0.1) is 0 Å². The number of hydrogen-bond donors (Lipinski definition) is 2. The van der Waals surface area contributed by atoms with Gasteiger partial charge in [0.05, 0.1) is 0 Å². The van der Waals surface area contributed by atoms with Crippen molar-refractivity contribution in [3.8, 4) is 0 Å². The van der Waals surface area contributed by atoms with Crippen molar-refractivity contribution in [2.75, 3.05) is 29.6 Å². The molecule has 1 aliphatic carbocycles. The van der Waals surface area contributed by atoms with E-state index in [1.165, 1.54) is 40.7 Å². The molecule has 5 heteroatoms. The van der Waals surface area contributed by atoms with Crippen LogP contribution in [0.25, 0.3) is 0 Å². The van der Waals surface area contributed by atoms with Crippen molar-refractivity contribution in [2.24, 2.45) is 5.92 Å². The van der Waals surface area contributed by atoms with Gasteiger partial charge in [-0.1, -0.05) is 6.92 Å². The molecule has 1 aromatic rings. The molecule has 0 aliphatic heterocycles. The first kappa shape index (κ1) is 12.0. The second-order valence-electron chi connectivity index (χ2n) is 4.53. The van der Waals surface area contributed by atoms with E-state index in [1.807, 2.05) is 11.8 Å². The van der Waals surface area contributed by atoms with Crippen LogP contribution >= 0.6 is 23.3 Å². The van der Waals surface area contributed by atoms with Crippen LogP contribution < -0.4 is 11.1 Å². The molecule has 0 saturated heterocycles. The Labute approximate surface area is 105 Å². The van der Waals surface area contributed by atoms with Gasteiger partial charge >= 0.3 is 0 Å². The number of nitrogens with one attached hydrogen (secondary N) is 1. The van der Waals surface area contributed by atoms with Crippen LogP contribution in [-0.4, -0.2) is 22.9 Å². The summed E-state index contributed by atoms with van der Waals surface area (Å²) < 4.78 is 4.25. The molecule has 1 aliphatic rings. The first-order valence-corrected chi connectivity index (χ1v) is 7.87. The van der Waals surface area contributed by atoms with Gasteiger partial charge in [0.15, 0.2) is 0 Å². The number of nitrogens with two attached hydrogens (primary N) is 1. The lowest BCUT2D eigenvalue weighted by molar-refractivity contribution is 0.702. The molecule has 1 fully saturated rings. The van der Waals surface area contributed by atoms with E-state index in [9.17, 15) is 0 Å². The number of nitrogens with zero attached hydrogens (tertiary/aromatic N) is 1. The predicted molar refractivity (Wildman–Crippen MR) is 74.5 cm³/mol. The Morgan fingerprint density at radius 1 is 1.62 bits per heavy atom. The van der Waals surface area contributed by atoms with E-state index in [0.29, 0.717) is 11.8 Å². The van der Waals surface area contributed by atoms with Crippen LogP contribution in [0, 0.1) is 5.92 Å². The molecule has 1 saturated carbocycles. The highest BCUT2D eigenvalue weighted by atomic mass is 32.2. The van der Waals surface area contributed by atoms with Crippen molar-refractivity contribution in [3.63, 3.8) is 0 Å². The molecular weight excluding hydrogens is 238 g/mol. The molecule has 0 bridgehead atoms. The number of thioether (sulfide) groups is 1. The Bertz CT molecular complexity index is 347. The first-order valence-electron chi connectivity index (χ1n) is 5.70. The summed E-state index contributed by atoms with van der Waals surface area (Å²) in [7, 11) is 0. The van der Waals surface area contributed by atoms with Gasteiger partial charge in [-0.25, -0.2) is 0 Å². The van der Waals surface area contributed by atoms with Crippen LogP contribution in [0.4, 0.5) is 10.8 Å². The second kappa shape index (κ2) is 5.27. The zero-order valence-corrected chi connectivity index (χ0v) is 11.5. The number of nitrogen functional groups attached to an aromatic ring is 1. The summed E-state index contributed by atoms with van der Waals surface area (Å²) in [5.74, 6) is 3.30. The molecular formula is C11H19N3S2. The number of hydrogen-bond acceptors (Lipinski definition) is 5. The first-order chi connectivity index (χ1) is 7.72. The topological polar surface area (TPSA) is 50.9 Å². The smallest absolute Gasteiger partial charge is 0.142 e. The third-order valence-electron chi connectivity index (χ3n) is 2.80. The van der Waals surface area contributed by atoms with Gasteiger partial charge in [0.1, 0.15) is 10.8 Å². The zero-order valence-electron chi connectivity index (χ0n) is 9.82. The molecule has 90 valence electrons. The van der Waals surface area contributed by atoms with E-state index in [0.717, 1.165) is 12.4 Å². The Kier molecular flexibility index (Phi) is 3.97. The maximum atomic E-state index is 5.90. The quantitative estimate of drug-likeness (QED) is 0.822. The van der Waals surface area contributed by atoms with Crippen molar-refractivity contribution >= 4 is 34.1 Å².